The Hall–Kier alpha value is -1.31. The highest BCUT2D eigenvalue weighted by molar-refractivity contribution is 5.70. The standard InChI is InChI=1S/C7H12O7/c1-12-5(6(3-8)14-11)2-7(10)13-4-9/h3,5,8-9,11H,2,4H2,1H3/b6-3-. The lowest BCUT2D eigenvalue weighted by molar-refractivity contribution is -0.220. The lowest BCUT2D eigenvalue weighted by Crippen LogP contribution is -2.21. The molecule has 14 heavy (non-hydrogen) atoms. The van der Waals surface area contributed by atoms with Gasteiger partial charge in [-0.3, -0.25) is 4.79 Å². The van der Waals surface area contributed by atoms with Gasteiger partial charge in [0.2, 0.25) is 5.76 Å². The van der Waals surface area contributed by atoms with Crippen LogP contribution in [0.3, 0.4) is 0 Å². The molecule has 0 aliphatic heterocycles. The highest BCUT2D eigenvalue weighted by Gasteiger charge is 2.21. The molecule has 1 atom stereocenters. The molecule has 0 aliphatic carbocycles. The summed E-state index contributed by atoms with van der Waals surface area (Å²) in [6.45, 7) is -0.743. The van der Waals surface area contributed by atoms with Crippen molar-refractivity contribution in [2.45, 2.75) is 12.5 Å². The topological polar surface area (TPSA) is 105 Å². The molecule has 0 radical (unpaired) electrons. The van der Waals surface area contributed by atoms with Crippen molar-refractivity contribution < 1.29 is 34.6 Å². The van der Waals surface area contributed by atoms with Gasteiger partial charge in [-0.1, -0.05) is 0 Å². The molecule has 0 saturated heterocycles. The maximum absolute atomic E-state index is 10.8. The summed E-state index contributed by atoms with van der Waals surface area (Å²) in [5.74, 6) is -1.09. The van der Waals surface area contributed by atoms with Crippen LogP contribution in [0.4, 0.5) is 0 Å². The number of methoxy groups -OCH3 is 1. The second kappa shape index (κ2) is 7.13. The summed E-state index contributed by atoms with van der Waals surface area (Å²) in [4.78, 5) is 14.6. The Bertz CT molecular complexity index is 200. The van der Waals surface area contributed by atoms with Crippen molar-refractivity contribution in [1.29, 1.82) is 0 Å². The molecule has 82 valence electrons. The molecule has 0 aromatic carbocycles. The fraction of sp³-hybridized carbons (Fsp3) is 0.571. The highest BCUT2D eigenvalue weighted by atomic mass is 17.1. The molecule has 7 nitrogen and oxygen atoms in total. The number of ether oxygens (including phenoxy) is 2. The number of carbonyl (C=O) groups is 1. The van der Waals surface area contributed by atoms with Crippen LogP contribution >= 0.6 is 0 Å². The van der Waals surface area contributed by atoms with Gasteiger partial charge in [0.25, 0.3) is 0 Å². The number of hydrogen-bond donors (Lipinski definition) is 3. The van der Waals surface area contributed by atoms with Crippen LogP contribution in [0.1, 0.15) is 6.42 Å². The fourth-order valence-corrected chi connectivity index (χ4v) is 0.748. The lowest BCUT2D eigenvalue weighted by atomic mass is 10.2. The molecule has 0 heterocycles. The smallest absolute Gasteiger partial charge is 0.311 e. The van der Waals surface area contributed by atoms with E-state index < -0.39 is 18.9 Å². The SMILES string of the molecule is COC(CC(=O)OCO)/C(=C/O)OO. The summed E-state index contributed by atoms with van der Waals surface area (Å²) < 4.78 is 8.92. The van der Waals surface area contributed by atoms with Crippen molar-refractivity contribution in [1.82, 2.24) is 0 Å². The first kappa shape index (κ1) is 12.7. The zero-order chi connectivity index (χ0) is 11.0. The first-order chi connectivity index (χ1) is 6.69. The molecule has 0 amide bonds. The van der Waals surface area contributed by atoms with Crippen molar-refractivity contribution in [3.8, 4) is 0 Å². The molecule has 0 aromatic rings. The van der Waals surface area contributed by atoms with Crippen LogP contribution < -0.4 is 0 Å². The Balaban J connectivity index is 4.21. The quantitative estimate of drug-likeness (QED) is 0.182. The summed E-state index contributed by atoms with van der Waals surface area (Å²) in [5, 5.41) is 25.0. The minimum atomic E-state index is -0.968. The van der Waals surface area contributed by atoms with Gasteiger partial charge in [-0.05, 0) is 0 Å². The predicted molar refractivity (Wildman–Crippen MR) is 43.0 cm³/mol. The van der Waals surface area contributed by atoms with Crippen LogP contribution in [-0.2, 0) is 19.2 Å². The number of esters is 1. The predicted octanol–water partition coefficient (Wildman–Crippen LogP) is -0.226. The van der Waals surface area contributed by atoms with Gasteiger partial charge in [0, 0.05) is 7.11 Å². The van der Waals surface area contributed by atoms with E-state index in [0.717, 1.165) is 0 Å². The van der Waals surface area contributed by atoms with Gasteiger partial charge in [0.15, 0.2) is 6.79 Å². The third-order valence-electron chi connectivity index (χ3n) is 1.41. The average Bonchev–Trinajstić information content (AvgIpc) is 2.18. The van der Waals surface area contributed by atoms with E-state index in [2.05, 4.69) is 9.62 Å². The molecule has 0 bridgehead atoms. The first-order valence-corrected chi connectivity index (χ1v) is 3.64. The monoisotopic (exact) mass is 208 g/mol. The van der Waals surface area contributed by atoms with E-state index in [-0.39, 0.29) is 12.2 Å². The van der Waals surface area contributed by atoms with E-state index >= 15 is 0 Å². The Kier molecular flexibility index (Phi) is 6.46. The second-order valence-corrected chi connectivity index (χ2v) is 2.20. The van der Waals surface area contributed by atoms with E-state index in [0.29, 0.717) is 6.26 Å². The number of aliphatic hydroxyl groups is 2. The summed E-state index contributed by atoms with van der Waals surface area (Å²) in [6, 6.07) is 0. The van der Waals surface area contributed by atoms with Crippen molar-refractivity contribution in [2.75, 3.05) is 13.9 Å². The molecular formula is C7H12O7. The van der Waals surface area contributed by atoms with E-state index in [1.807, 2.05) is 0 Å². The van der Waals surface area contributed by atoms with Gasteiger partial charge in [-0.15, -0.1) is 0 Å². The van der Waals surface area contributed by atoms with E-state index in [4.69, 9.17) is 20.2 Å². The third kappa shape index (κ3) is 4.08. The van der Waals surface area contributed by atoms with Crippen LogP contribution in [0.5, 0.6) is 0 Å². The molecule has 7 heteroatoms. The Morgan fingerprint density at radius 2 is 2.21 bits per heavy atom. The van der Waals surface area contributed by atoms with Crippen LogP contribution in [0.2, 0.25) is 0 Å². The summed E-state index contributed by atoms with van der Waals surface area (Å²) >= 11 is 0. The second-order valence-electron chi connectivity index (χ2n) is 2.20. The first-order valence-electron chi connectivity index (χ1n) is 3.64. The van der Waals surface area contributed by atoms with Crippen LogP contribution in [0.15, 0.2) is 12.0 Å². The third-order valence-corrected chi connectivity index (χ3v) is 1.41. The number of hydrogen-bond acceptors (Lipinski definition) is 7. The van der Waals surface area contributed by atoms with Crippen LogP contribution in [0.25, 0.3) is 0 Å². The maximum Gasteiger partial charge on any atom is 0.311 e. The summed E-state index contributed by atoms with van der Waals surface area (Å²) in [6.07, 6.45) is -0.811. The Morgan fingerprint density at radius 1 is 1.57 bits per heavy atom. The van der Waals surface area contributed by atoms with Gasteiger partial charge >= 0.3 is 5.97 Å². The lowest BCUT2D eigenvalue weighted by Gasteiger charge is -2.13. The largest absolute Gasteiger partial charge is 0.512 e. The highest BCUT2D eigenvalue weighted by Crippen LogP contribution is 2.10. The molecule has 0 fully saturated rings. The average molecular weight is 208 g/mol. The molecule has 0 rings (SSSR count). The van der Waals surface area contributed by atoms with Crippen molar-refractivity contribution in [3.63, 3.8) is 0 Å². The number of rotatable bonds is 6. The zero-order valence-corrected chi connectivity index (χ0v) is 7.54. The molecule has 0 aliphatic rings. The van der Waals surface area contributed by atoms with E-state index in [1.54, 1.807) is 0 Å². The minimum absolute atomic E-state index is 0.302. The molecule has 1 unspecified atom stereocenters. The molecule has 0 saturated carbocycles. The Labute approximate surface area is 80.1 Å². The van der Waals surface area contributed by atoms with Crippen LogP contribution in [0, 0.1) is 0 Å². The van der Waals surface area contributed by atoms with E-state index in [1.165, 1.54) is 7.11 Å². The minimum Gasteiger partial charge on any atom is -0.512 e. The normalized spacial score (nSPS) is 13.5. The molecular weight excluding hydrogens is 196 g/mol. The van der Waals surface area contributed by atoms with Crippen molar-refractivity contribution >= 4 is 5.97 Å². The van der Waals surface area contributed by atoms with Gasteiger partial charge in [0.05, 0.1) is 6.42 Å². The molecule has 0 spiro atoms. The zero-order valence-electron chi connectivity index (χ0n) is 7.54. The maximum atomic E-state index is 10.8. The van der Waals surface area contributed by atoms with Gasteiger partial charge in [-0.2, -0.15) is 0 Å². The van der Waals surface area contributed by atoms with Crippen molar-refractivity contribution in [3.05, 3.63) is 12.0 Å². The van der Waals surface area contributed by atoms with Crippen molar-refractivity contribution in [2.24, 2.45) is 0 Å². The van der Waals surface area contributed by atoms with E-state index in [9.17, 15) is 4.79 Å². The summed E-state index contributed by atoms with van der Waals surface area (Å²) in [7, 11) is 1.25. The molecule has 3 N–H and O–H groups in total. The van der Waals surface area contributed by atoms with Gasteiger partial charge in [-0.25, -0.2) is 5.26 Å². The van der Waals surface area contributed by atoms with Gasteiger partial charge in [0.1, 0.15) is 12.4 Å². The van der Waals surface area contributed by atoms with Crippen LogP contribution in [-0.4, -0.2) is 41.4 Å². The number of carbonyl (C=O) groups excluding carboxylic acids is 1. The Morgan fingerprint density at radius 3 is 2.57 bits per heavy atom. The number of aliphatic hydroxyl groups excluding tert-OH is 2. The van der Waals surface area contributed by atoms with Gasteiger partial charge < -0.3 is 24.6 Å². The molecule has 0 aromatic heterocycles. The summed E-state index contributed by atoms with van der Waals surface area (Å²) in [5.41, 5.74) is 0. The fourth-order valence-electron chi connectivity index (χ4n) is 0.748.